The quantitative estimate of drug-likeness (QED) is 0.821. The highest BCUT2D eigenvalue weighted by Crippen LogP contribution is 2.06. The van der Waals surface area contributed by atoms with Gasteiger partial charge in [0.25, 0.3) is 5.91 Å². The van der Waals surface area contributed by atoms with Crippen molar-refractivity contribution in [2.75, 3.05) is 13.1 Å². The average molecular weight is 266 g/mol. The van der Waals surface area contributed by atoms with Crippen molar-refractivity contribution >= 4 is 11.8 Å². The zero-order valence-electron chi connectivity index (χ0n) is 11.8. The van der Waals surface area contributed by atoms with E-state index in [9.17, 15) is 9.59 Å². The van der Waals surface area contributed by atoms with Crippen LogP contribution in [0.4, 0.5) is 0 Å². The van der Waals surface area contributed by atoms with Crippen molar-refractivity contribution in [2.24, 2.45) is 0 Å². The molecule has 1 N–H and O–H groups in total. The molecule has 0 saturated heterocycles. The van der Waals surface area contributed by atoms with Crippen LogP contribution in [0.5, 0.6) is 0 Å². The van der Waals surface area contributed by atoms with Crippen LogP contribution in [-0.4, -0.2) is 35.8 Å². The molecule has 5 heteroatoms. The zero-order chi connectivity index (χ0) is 14.3. The molecule has 1 aromatic rings. The van der Waals surface area contributed by atoms with Crippen LogP contribution in [0, 0.1) is 0 Å². The van der Waals surface area contributed by atoms with Crippen LogP contribution in [0.3, 0.4) is 0 Å². The standard InChI is InChI=1S/C14H22N2O3/c1-4-11(3)15-13(17)6-8-16(5-2)14(18)12-7-9-19-10-12/h7,9-11H,4-6,8H2,1-3H3,(H,15,17). The van der Waals surface area contributed by atoms with E-state index >= 15 is 0 Å². The Morgan fingerprint density at radius 2 is 2.16 bits per heavy atom. The van der Waals surface area contributed by atoms with E-state index in [1.54, 1.807) is 11.0 Å². The molecule has 19 heavy (non-hydrogen) atoms. The third-order valence-electron chi connectivity index (χ3n) is 3.07. The summed E-state index contributed by atoms with van der Waals surface area (Å²) in [5, 5.41) is 2.89. The van der Waals surface area contributed by atoms with Crippen LogP contribution < -0.4 is 5.32 Å². The van der Waals surface area contributed by atoms with Crippen LogP contribution >= 0.6 is 0 Å². The molecule has 5 nitrogen and oxygen atoms in total. The minimum absolute atomic E-state index is 0.0206. The number of nitrogens with one attached hydrogen (secondary N) is 1. The fraction of sp³-hybridized carbons (Fsp3) is 0.571. The topological polar surface area (TPSA) is 62.6 Å². The maximum absolute atomic E-state index is 12.1. The molecule has 0 bridgehead atoms. The zero-order valence-corrected chi connectivity index (χ0v) is 11.8. The molecule has 0 spiro atoms. The van der Waals surface area contributed by atoms with E-state index in [0.717, 1.165) is 6.42 Å². The van der Waals surface area contributed by atoms with E-state index in [-0.39, 0.29) is 17.9 Å². The molecule has 2 amide bonds. The number of hydrogen-bond acceptors (Lipinski definition) is 3. The molecular weight excluding hydrogens is 244 g/mol. The smallest absolute Gasteiger partial charge is 0.257 e. The van der Waals surface area contributed by atoms with Crippen LogP contribution in [0.25, 0.3) is 0 Å². The Balaban J connectivity index is 2.45. The SMILES string of the molecule is CCC(C)NC(=O)CCN(CC)C(=O)c1ccoc1. The van der Waals surface area contributed by atoms with Gasteiger partial charge >= 0.3 is 0 Å². The molecule has 0 aliphatic rings. The van der Waals surface area contributed by atoms with Crippen molar-refractivity contribution in [1.82, 2.24) is 10.2 Å². The summed E-state index contributed by atoms with van der Waals surface area (Å²) in [6.07, 6.45) is 4.11. The summed E-state index contributed by atoms with van der Waals surface area (Å²) in [7, 11) is 0. The summed E-state index contributed by atoms with van der Waals surface area (Å²) < 4.78 is 4.90. The molecule has 0 radical (unpaired) electrons. The monoisotopic (exact) mass is 266 g/mol. The van der Waals surface area contributed by atoms with Gasteiger partial charge in [0.1, 0.15) is 6.26 Å². The Morgan fingerprint density at radius 1 is 1.42 bits per heavy atom. The number of carbonyl (C=O) groups is 2. The molecule has 0 aliphatic heterocycles. The number of rotatable bonds is 7. The van der Waals surface area contributed by atoms with Crippen LogP contribution in [0.15, 0.2) is 23.0 Å². The largest absolute Gasteiger partial charge is 0.472 e. The van der Waals surface area contributed by atoms with E-state index < -0.39 is 0 Å². The fourth-order valence-electron chi connectivity index (χ4n) is 1.66. The third kappa shape index (κ3) is 4.77. The summed E-state index contributed by atoms with van der Waals surface area (Å²) >= 11 is 0. The van der Waals surface area contributed by atoms with Gasteiger partial charge in [-0.05, 0) is 26.3 Å². The van der Waals surface area contributed by atoms with Crippen molar-refractivity contribution < 1.29 is 14.0 Å². The van der Waals surface area contributed by atoms with Gasteiger partial charge in [0, 0.05) is 25.6 Å². The highest BCUT2D eigenvalue weighted by Gasteiger charge is 2.16. The van der Waals surface area contributed by atoms with Gasteiger partial charge in [-0.1, -0.05) is 6.92 Å². The predicted molar refractivity (Wildman–Crippen MR) is 72.8 cm³/mol. The molecule has 0 fully saturated rings. The van der Waals surface area contributed by atoms with Crippen LogP contribution in [0.2, 0.25) is 0 Å². The predicted octanol–water partition coefficient (Wildman–Crippen LogP) is 2.05. The normalized spacial score (nSPS) is 11.9. The molecular formula is C14H22N2O3. The van der Waals surface area contributed by atoms with Gasteiger partial charge in [0.15, 0.2) is 0 Å². The summed E-state index contributed by atoms with van der Waals surface area (Å²) in [5.41, 5.74) is 0.518. The maximum Gasteiger partial charge on any atom is 0.257 e. The Kier molecular flexibility index (Phi) is 6.12. The third-order valence-corrected chi connectivity index (χ3v) is 3.07. The maximum atomic E-state index is 12.1. The van der Waals surface area contributed by atoms with Crippen molar-refractivity contribution in [3.8, 4) is 0 Å². The summed E-state index contributed by atoms with van der Waals surface area (Å²) in [4.78, 5) is 25.4. The van der Waals surface area contributed by atoms with Gasteiger partial charge in [-0.25, -0.2) is 0 Å². The minimum atomic E-state index is -0.104. The van der Waals surface area contributed by atoms with E-state index in [0.29, 0.717) is 25.1 Å². The van der Waals surface area contributed by atoms with E-state index in [4.69, 9.17) is 4.42 Å². The highest BCUT2D eigenvalue weighted by molar-refractivity contribution is 5.94. The second-order valence-corrected chi connectivity index (χ2v) is 4.52. The number of amides is 2. The second kappa shape index (κ2) is 7.61. The lowest BCUT2D eigenvalue weighted by Crippen LogP contribution is -2.37. The minimum Gasteiger partial charge on any atom is -0.472 e. The van der Waals surface area contributed by atoms with Crippen molar-refractivity contribution in [3.63, 3.8) is 0 Å². The summed E-state index contributed by atoms with van der Waals surface area (Å²) in [5.74, 6) is -0.125. The number of nitrogens with zero attached hydrogens (tertiary/aromatic N) is 1. The first-order valence-corrected chi connectivity index (χ1v) is 6.69. The first-order chi connectivity index (χ1) is 9.08. The molecule has 0 aliphatic carbocycles. The first kappa shape index (κ1) is 15.3. The van der Waals surface area contributed by atoms with Crippen molar-refractivity contribution in [2.45, 2.75) is 39.7 Å². The van der Waals surface area contributed by atoms with Crippen LogP contribution in [-0.2, 0) is 4.79 Å². The van der Waals surface area contributed by atoms with E-state index in [2.05, 4.69) is 5.32 Å². The summed E-state index contributed by atoms with van der Waals surface area (Å²) in [6, 6.07) is 1.80. The van der Waals surface area contributed by atoms with Crippen LogP contribution in [0.1, 0.15) is 44.0 Å². The van der Waals surface area contributed by atoms with Gasteiger partial charge in [-0.3, -0.25) is 9.59 Å². The Morgan fingerprint density at radius 3 is 2.68 bits per heavy atom. The lowest BCUT2D eigenvalue weighted by Gasteiger charge is -2.20. The first-order valence-electron chi connectivity index (χ1n) is 6.69. The Bertz CT molecular complexity index is 401. The molecule has 0 aromatic carbocycles. The summed E-state index contributed by atoms with van der Waals surface area (Å²) in [6.45, 7) is 6.87. The fourth-order valence-corrected chi connectivity index (χ4v) is 1.66. The molecule has 1 atom stereocenters. The number of carbonyl (C=O) groups excluding carboxylic acids is 2. The average Bonchev–Trinajstić information content (AvgIpc) is 2.92. The molecule has 1 rings (SSSR count). The van der Waals surface area contributed by atoms with Gasteiger partial charge < -0.3 is 14.6 Å². The second-order valence-electron chi connectivity index (χ2n) is 4.52. The van der Waals surface area contributed by atoms with E-state index in [1.165, 1.54) is 12.5 Å². The van der Waals surface area contributed by atoms with Crippen molar-refractivity contribution in [3.05, 3.63) is 24.2 Å². The Hall–Kier alpha value is -1.78. The van der Waals surface area contributed by atoms with Gasteiger partial charge in [-0.15, -0.1) is 0 Å². The molecule has 1 aromatic heterocycles. The molecule has 0 saturated carbocycles. The lowest BCUT2D eigenvalue weighted by atomic mass is 10.2. The molecule has 1 heterocycles. The Labute approximate surface area is 114 Å². The van der Waals surface area contributed by atoms with Crippen molar-refractivity contribution in [1.29, 1.82) is 0 Å². The molecule has 1 unspecified atom stereocenters. The number of furan rings is 1. The van der Waals surface area contributed by atoms with Gasteiger partial charge in [-0.2, -0.15) is 0 Å². The van der Waals surface area contributed by atoms with Gasteiger partial charge in [0.2, 0.25) is 5.91 Å². The number of hydrogen-bond donors (Lipinski definition) is 1. The van der Waals surface area contributed by atoms with E-state index in [1.807, 2.05) is 20.8 Å². The lowest BCUT2D eigenvalue weighted by molar-refractivity contribution is -0.121. The molecule has 106 valence electrons. The highest BCUT2D eigenvalue weighted by atomic mass is 16.3. The van der Waals surface area contributed by atoms with Gasteiger partial charge in [0.05, 0.1) is 11.8 Å².